The molecule has 216 valence electrons. The molecule has 0 bridgehead atoms. The van der Waals surface area contributed by atoms with Crippen molar-refractivity contribution in [2.24, 2.45) is 0 Å². The van der Waals surface area contributed by atoms with Gasteiger partial charge in [0.2, 0.25) is 0 Å². The average molecular weight is 561 g/mol. The highest BCUT2D eigenvalue weighted by atomic mass is 16.5. The summed E-state index contributed by atoms with van der Waals surface area (Å²) in [7, 11) is 4.92. The predicted molar refractivity (Wildman–Crippen MR) is 142 cm³/mol. The Balaban J connectivity index is 2.23. The summed E-state index contributed by atoms with van der Waals surface area (Å²) >= 11 is 0. The van der Waals surface area contributed by atoms with Gasteiger partial charge in [-0.25, -0.2) is 0 Å². The van der Waals surface area contributed by atoms with E-state index in [1.165, 1.54) is 50.4 Å². The molecule has 0 aliphatic rings. The van der Waals surface area contributed by atoms with E-state index in [1.807, 2.05) is 0 Å². The Kier molecular flexibility index (Phi) is 12.7. The van der Waals surface area contributed by atoms with Crippen LogP contribution in [-0.4, -0.2) is 98.0 Å². The lowest BCUT2D eigenvalue weighted by Gasteiger charge is -2.25. The molecule has 0 aliphatic carbocycles. The Morgan fingerprint density at radius 1 is 0.625 bits per heavy atom. The molecule has 0 radical (unpaired) electrons. The second-order valence-electron chi connectivity index (χ2n) is 8.03. The van der Waals surface area contributed by atoms with Gasteiger partial charge in [0.25, 0.3) is 0 Å². The first kappa shape index (κ1) is 31.4. The molecule has 2 aromatic carbocycles. The molecule has 0 aromatic heterocycles. The molecule has 40 heavy (non-hydrogen) atoms. The summed E-state index contributed by atoms with van der Waals surface area (Å²) in [6, 6.07) is 11.3. The van der Waals surface area contributed by atoms with Crippen molar-refractivity contribution in [1.82, 2.24) is 0 Å². The second-order valence-corrected chi connectivity index (χ2v) is 8.03. The fourth-order valence-corrected chi connectivity index (χ4v) is 3.46. The highest BCUT2D eigenvalue weighted by Crippen LogP contribution is 2.31. The molecule has 0 atom stereocenters. The minimum Gasteiger partial charge on any atom is -0.488 e. The first-order valence-electron chi connectivity index (χ1n) is 12.0. The number of ether oxygens (including phenoxy) is 6. The summed E-state index contributed by atoms with van der Waals surface area (Å²) in [5.74, 6) is -1.75. The molecule has 0 aliphatic heterocycles. The lowest BCUT2D eigenvalue weighted by molar-refractivity contribution is -0.141. The molecule has 0 heterocycles. The number of para-hydroxylation sites is 2. The van der Waals surface area contributed by atoms with Gasteiger partial charge in [0.05, 0.1) is 39.8 Å². The van der Waals surface area contributed by atoms with E-state index in [1.54, 1.807) is 30.3 Å². The smallest absolute Gasteiger partial charge is 0.325 e. The van der Waals surface area contributed by atoms with Crippen LogP contribution in [0, 0.1) is 0 Å². The fourth-order valence-electron chi connectivity index (χ4n) is 3.46. The summed E-state index contributed by atoms with van der Waals surface area (Å²) in [6.07, 6.45) is 0.630. The van der Waals surface area contributed by atoms with E-state index in [2.05, 4.69) is 0 Å². The maximum Gasteiger partial charge on any atom is 0.325 e. The van der Waals surface area contributed by atoms with Crippen molar-refractivity contribution in [1.29, 1.82) is 0 Å². The zero-order valence-electron chi connectivity index (χ0n) is 22.7. The van der Waals surface area contributed by atoms with Crippen LogP contribution < -0.4 is 19.3 Å². The van der Waals surface area contributed by atoms with Crippen LogP contribution in [-0.2, 0) is 38.1 Å². The Bertz CT molecular complexity index is 1150. The number of nitrogens with zero attached hydrogens (tertiary/aromatic N) is 2. The molecule has 0 saturated carbocycles. The molecule has 2 aromatic rings. The number of hydrogen-bond donors (Lipinski definition) is 0. The van der Waals surface area contributed by atoms with Gasteiger partial charge in [-0.2, -0.15) is 0 Å². The van der Waals surface area contributed by atoms with E-state index in [4.69, 9.17) is 28.4 Å². The normalized spacial score (nSPS) is 10.1. The van der Waals surface area contributed by atoms with Crippen LogP contribution in [0.3, 0.4) is 0 Å². The van der Waals surface area contributed by atoms with Crippen molar-refractivity contribution >= 4 is 41.5 Å². The molecule has 2 rings (SSSR count). The van der Waals surface area contributed by atoms with E-state index in [-0.39, 0.29) is 45.1 Å². The maximum absolute atomic E-state index is 12.0. The molecule has 0 spiro atoms. The molecule has 13 heteroatoms. The quantitative estimate of drug-likeness (QED) is 0.126. The topological polar surface area (TPSA) is 147 Å². The Morgan fingerprint density at radius 2 is 1.05 bits per heavy atom. The van der Waals surface area contributed by atoms with Crippen LogP contribution in [0.25, 0.3) is 0 Å². The van der Waals surface area contributed by atoms with Gasteiger partial charge >= 0.3 is 23.9 Å². The van der Waals surface area contributed by atoms with Crippen LogP contribution in [0.4, 0.5) is 11.4 Å². The highest BCUT2D eigenvalue weighted by molar-refractivity contribution is 5.85. The Hall–Kier alpha value is -4.81. The minimum absolute atomic E-state index is 0.0120. The minimum atomic E-state index is -0.599. The number of methoxy groups -OCH3 is 4. The fraction of sp³-hybridized carbons (Fsp3) is 0.370. The summed E-state index contributed by atoms with van der Waals surface area (Å²) < 4.78 is 30.7. The number of hydrogen-bond acceptors (Lipinski definition) is 13. The van der Waals surface area contributed by atoms with Gasteiger partial charge in [-0.1, -0.05) is 12.1 Å². The molecule has 13 nitrogen and oxygen atoms in total. The van der Waals surface area contributed by atoms with Crippen molar-refractivity contribution < 1.29 is 52.4 Å². The van der Waals surface area contributed by atoms with Crippen LogP contribution >= 0.6 is 0 Å². The molecular weight excluding hydrogens is 528 g/mol. The molecule has 0 saturated heterocycles. The van der Waals surface area contributed by atoms with Crippen molar-refractivity contribution in [2.75, 3.05) is 77.6 Å². The maximum atomic E-state index is 12.0. The zero-order chi connectivity index (χ0) is 29.5. The van der Waals surface area contributed by atoms with E-state index < -0.39 is 23.9 Å². The van der Waals surface area contributed by atoms with Crippen molar-refractivity contribution in [3.8, 4) is 11.5 Å². The lowest BCUT2D eigenvalue weighted by Crippen LogP contribution is -2.36. The number of benzene rings is 2. The summed E-state index contributed by atoms with van der Waals surface area (Å²) in [4.78, 5) is 62.1. The predicted octanol–water partition coefficient (Wildman–Crippen LogP) is 1.26. The van der Waals surface area contributed by atoms with Gasteiger partial charge in [-0.3, -0.25) is 24.0 Å². The number of esters is 4. The van der Waals surface area contributed by atoms with Crippen LogP contribution in [0.2, 0.25) is 0 Å². The van der Waals surface area contributed by atoms with Crippen molar-refractivity contribution in [3.05, 3.63) is 48.0 Å². The summed E-state index contributed by atoms with van der Waals surface area (Å²) in [5.41, 5.74) is 1.11. The largest absolute Gasteiger partial charge is 0.488 e. The first-order chi connectivity index (χ1) is 19.3. The third-order valence-electron chi connectivity index (χ3n) is 5.46. The number of rotatable bonds is 16. The molecule has 0 amide bonds. The van der Waals surface area contributed by atoms with Crippen LogP contribution in [0.1, 0.15) is 10.4 Å². The van der Waals surface area contributed by atoms with E-state index in [0.717, 1.165) is 0 Å². The van der Waals surface area contributed by atoms with Gasteiger partial charge in [0.1, 0.15) is 57.2 Å². The number of anilines is 2. The van der Waals surface area contributed by atoms with Crippen LogP contribution in [0.15, 0.2) is 42.5 Å². The van der Waals surface area contributed by atoms with E-state index in [0.29, 0.717) is 29.0 Å². The zero-order valence-corrected chi connectivity index (χ0v) is 22.7. The van der Waals surface area contributed by atoms with Gasteiger partial charge in [0, 0.05) is 5.56 Å². The second kappa shape index (κ2) is 16.2. The van der Waals surface area contributed by atoms with Crippen molar-refractivity contribution in [3.63, 3.8) is 0 Å². The summed E-state index contributed by atoms with van der Waals surface area (Å²) in [5, 5.41) is 0. The van der Waals surface area contributed by atoms with E-state index in [9.17, 15) is 24.0 Å². The number of aldehydes is 1. The standard InChI is InChI=1S/C27H32N2O11/c1-35-24(31)14-28(15-25(32)36-2)20-7-5-6-8-22(20)39-11-12-40-23-13-19(18-30)9-10-21(23)29(16-26(33)37-3)17-27(34)38-4/h5-10,13,18H,11-12,14-17H2,1-4H3. The molecule has 0 fully saturated rings. The van der Waals surface area contributed by atoms with Gasteiger partial charge < -0.3 is 38.2 Å². The van der Waals surface area contributed by atoms with E-state index >= 15 is 0 Å². The molecule has 0 N–H and O–H groups in total. The Morgan fingerprint density at radius 3 is 1.50 bits per heavy atom. The SMILES string of the molecule is COC(=O)CN(CC(=O)OC)c1ccccc1OCCOc1cc(C=O)ccc1N(CC(=O)OC)CC(=O)OC. The van der Waals surface area contributed by atoms with Crippen molar-refractivity contribution in [2.45, 2.75) is 0 Å². The first-order valence-corrected chi connectivity index (χ1v) is 12.0. The third kappa shape index (κ3) is 9.49. The number of carbonyl (C=O) groups is 5. The Labute approximate surface area is 231 Å². The lowest BCUT2D eigenvalue weighted by atomic mass is 10.2. The van der Waals surface area contributed by atoms with Crippen LogP contribution in [0.5, 0.6) is 11.5 Å². The average Bonchev–Trinajstić information content (AvgIpc) is 2.98. The van der Waals surface area contributed by atoms with Gasteiger partial charge in [-0.05, 0) is 30.3 Å². The number of carbonyl (C=O) groups excluding carboxylic acids is 5. The van der Waals surface area contributed by atoms with Gasteiger partial charge in [0.15, 0.2) is 0 Å². The van der Waals surface area contributed by atoms with Gasteiger partial charge in [-0.15, -0.1) is 0 Å². The summed E-state index contributed by atoms with van der Waals surface area (Å²) in [6.45, 7) is -0.992. The molecular formula is C27H32N2O11. The third-order valence-corrected chi connectivity index (χ3v) is 5.46. The monoisotopic (exact) mass is 560 g/mol. The highest BCUT2D eigenvalue weighted by Gasteiger charge is 2.21. The molecule has 0 unspecified atom stereocenters.